The van der Waals surface area contributed by atoms with Crippen LogP contribution >= 0.6 is 0 Å². The minimum Gasteiger partial charge on any atom is -0.355 e. The van der Waals surface area contributed by atoms with Crippen molar-refractivity contribution in [3.63, 3.8) is 0 Å². The lowest BCUT2D eigenvalue weighted by Gasteiger charge is -2.29. The van der Waals surface area contributed by atoms with E-state index in [0.29, 0.717) is 0 Å². The molecule has 0 amide bonds. The monoisotopic (exact) mass is 153 g/mol. The second kappa shape index (κ2) is 3.61. The molecule has 0 aliphatic rings. The molecule has 0 saturated carbocycles. The summed E-state index contributed by atoms with van der Waals surface area (Å²) in [4.78, 5) is 2.06. The highest BCUT2D eigenvalue weighted by Gasteiger charge is 2.17. The molecule has 64 valence electrons. The van der Waals surface area contributed by atoms with Gasteiger partial charge in [-0.05, 0) is 13.1 Å². The molecule has 0 aromatic rings. The summed E-state index contributed by atoms with van der Waals surface area (Å²) in [5, 5.41) is 0. The first-order valence-electron chi connectivity index (χ1n) is 3.95. The standard InChI is InChI=1S/C10H19N/c1-7-9(10(3,4)5)11(6)8-2/h7-8H,2H2,1,3-6H3/b9-7-. The van der Waals surface area contributed by atoms with E-state index in [2.05, 4.69) is 45.2 Å². The van der Waals surface area contributed by atoms with Crippen LogP contribution in [-0.2, 0) is 0 Å². The molecule has 0 saturated heterocycles. The molecule has 1 heteroatoms. The van der Waals surface area contributed by atoms with Gasteiger partial charge >= 0.3 is 0 Å². The first-order chi connectivity index (χ1) is 4.93. The van der Waals surface area contributed by atoms with Crippen molar-refractivity contribution in [2.24, 2.45) is 5.41 Å². The van der Waals surface area contributed by atoms with Gasteiger partial charge in [0.1, 0.15) is 0 Å². The molecule has 0 atom stereocenters. The minimum absolute atomic E-state index is 0.206. The Morgan fingerprint density at radius 1 is 1.36 bits per heavy atom. The van der Waals surface area contributed by atoms with Crippen LogP contribution in [-0.4, -0.2) is 11.9 Å². The first kappa shape index (κ1) is 10.3. The molecule has 0 fully saturated rings. The lowest BCUT2D eigenvalue weighted by atomic mass is 9.91. The third-order valence-corrected chi connectivity index (χ3v) is 1.70. The maximum atomic E-state index is 3.73. The van der Waals surface area contributed by atoms with Gasteiger partial charge in [-0.25, -0.2) is 0 Å². The van der Waals surface area contributed by atoms with Crippen LogP contribution in [0.15, 0.2) is 24.6 Å². The Balaban J connectivity index is 4.57. The van der Waals surface area contributed by atoms with E-state index < -0.39 is 0 Å². The van der Waals surface area contributed by atoms with Crippen molar-refractivity contribution in [3.8, 4) is 0 Å². The quantitative estimate of drug-likeness (QED) is 0.589. The Hall–Kier alpha value is -0.720. The molecule has 0 aromatic carbocycles. The number of allylic oxidation sites excluding steroid dienone is 2. The van der Waals surface area contributed by atoms with E-state index in [1.54, 1.807) is 0 Å². The Morgan fingerprint density at radius 2 is 1.82 bits per heavy atom. The minimum atomic E-state index is 0.206. The maximum Gasteiger partial charge on any atom is 0.0182 e. The van der Waals surface area contributed by atoms with Crippen molar-refractivity contribution in [1.29, 1.82) is 0 Å². The van der Waals surface area contributed by atoms with Crippen molar-refractivity contribution in [2.45, 2.75) is 27.7 Å². The molecule has 0 aromatic heterocycles. The van der Waals surface area contributed by atoms with Crippen molar-refractivity contribution in [1.82, 2.24) is 4.90 Å². The van der Waals surface area contributed by atoms with E-state index in [1.807, 2.05) is 13.2 Å². The molecule has 0 rings (SSSR count). The fraction of sp³-hybridized carbons (Fsp3) is 0.600. The van der Waals surface area contributed by atoms with Crippen LogP contribution in [0.4, 0.5) is 0 Å². The lowest BCUT2D eigenvalue weighted by molar-refractivity contribution is 0.376. The van der Waals surface area contributed by atoms with Crippen molar-refractivity contribution < 1.29 is 0 Å². The molecule has 11 heavy (non-hydrogen) atoms. The fourth-order valence-corrected chi connectivity index (χ4v) is 1.26. The molecule has 0 radical (unpaired) electrons. The predicted octanol–water partition coefficient (Wildman–Crippen LogP) is 3.01. The number of nitrogens with zero attached hydrogens (tertiary/aromatic N) is 1. The van der Waals surface area contributed by atoms with Gasteiger partial charge in [0, 0.05) is 18.2 Å². The molecule has 1 nitrogen and oxygen atoms in total. The van der Waals surface area contributed by atoms with Crippen molar-refractivity contribution in [3.05, 3.63) is 24.6 Å². The third kappa shape index (κ3) is 2.79. The molecular formula is C10H19N. The topological polar surface area (TPSA) is 3.24 Å². The summed E-state index contributed by atoms with van der Waals surface area (Å²) >= 11 is 0. The van der Waals surface area contributed by atoms with Crippen molar-refractivity contribution in [2.75, 3.05) is 7.05 Å². The van der Waals surface area contributed by atoms with E-state index in [4.69, 9.17) is 0 Å². The summed E-state index contributed by atoms with van der Waals surface area (Å²) in [5.41, 5.74) is 1.50. The molecule has 0 N–H and O–H groups in total. The summed E-state index contributed by atoms with van der Waals surface area (Å²) in [7, 11) is 2.02. The van der Waals surface area contributed by atoms with Crippen LogP contribution in [0.25, 0.3) is 0 Å². The Bertz CT molecular complexity index is 160. The molecular weight excluding hydrogens is 134 g/mol. The van der Waals surface area contributed by atoms with Gasteiger partial charge in [-0.1, -0.05) is 33.4 Å². The smallest absolute Gasteiger partial charge is 0.0182 e. The molecule has 0 bridgehead atoms. The predicted molar refractivity (Wildman–Crippen MR) is 51.2 cm³/mol. The zero-order chi connectivity index (χ0) is 9.07. The fourth-order valence-electron chi connectivity index (χ4n) is 1.26. The van der Waals surface area contributed by atoms with Gasteiger partial charge in [0.15, 0.2) is 0 Å². The number of hydrogen-bond acceptors (Lipinski definition) is 1. The molecule has 0 spiro atoms. The average Bonchev–Trinajstić information content (AvgIpc) is 1.86. The van der Waals surface area contributed by atoms with Crippen LogP contribution in [0, 0.1) is 5.41 Å². The summed E-state index contributed by atoms with van der Waals surface area (Å²) in [6.07, 6.45) is 3.96. The second-order valence-electron chi connectivity index (χ2n) is 3.72. The SMILES string of the molecule is C=CN(C)/C(=C\C)C(C)(C)C. The van der Waals surface area contributed by atoms with Crippen LogP contribution in [0.2, 0.25) is 0 Å². The first-order valence-corrected chi connectivity index (χ1v) is 3.95. The third-order valence-electron chi connectivity index (χ3n) is 1.70. The second-order valence-corrected chi connectivity index (χ2v) is 3.72. The van der Waals surface area contributed by atoms with E-state index in [0.717, 1.165) is 0 Å². The van der Waals surface area contributed by atoms with Crippen LogP contribution in [0.3, 0.4) is 0 Å². The summed E-state index contributed by atoms with van der Waals surface area (Å²) in [6.45, 7) is 12.4. The lowest BCUT2D eigenvalue weighted by Crippen LogP contribution is -2.22. The number of rotatable bonds is 2. The van der Waals surface area contributed by atoms with E-state index in [1.165, 1.54) is 5.70 Å². The van der Waals surface area contributed by atoms with Crippen LogP contribution in [0.5, 0.6) is 0 Å². The largest absolute Gasteiger partial charge is 0.355 e. The summed E-state index contributed by atoms with van der Waals surface area (Å²) < 4.78 is 0. The molecule has 0 aliphatic heterocycles. The van der Waals surface area contributed by atoms with E-state index in [-0.39, 0.29) is 5.41 Å². The van der Waals surface area contributed by atoms with Gasteiger partial charge in [-0.15, -0.1) is 0 Å². The Labute approximate surface area is 70.4 Å². The highest BCUT2D eigenvalue weighted by molar-refractivity contribution is 5.10. The maximum absolute atomic E-state index is 3.73. The van der Waals surface area contributed by atoms with Gasteiger partial charge < -0.3 is 4.90 Å². The van der Waals surface area contributed by atoms with Gasteiger partial charge in [0.25, 0.3) is 0 Å². The summed E-state index contributed by atoms with van der Waals surface area (Å²) in [6, 6.07) is 0. The highest BCUT2D eigenvalue weighted by Crippen LogP contribution is 2.26. The normalized spacial score (nSPS) is 13.0. The van der Waals surface area contributed by atoms with E-state index >= 15 is 0 Å². The zero-order valence-electron chi connectivity index (χ0n) is 8.31. The zero-order valence-corrected chi connectivity index (χ0v) is 8.31. The van der Waals surface area contributed by atoms with Crippen LogP contribution < -0.4 is 0 Å². The molecule has 0 unspecified atom stereocenters. The Morgan fingerprint density at radius 3 is 1.91 bits per heavy atom. The number of hydrogen-bond donors (Lipinski definition) is 0. The van der Waals surface area contributed by atoms with E-state index in [9.17, 15) is 0 Å². The van der Waals surface area contributed by atoms with Gasteiger partial charge in [-0.3, -0.25) is 0 Å². The highest BCUT2D eigenvalue weighted by atomic mass is 15.1. The van der Waals surface area contributed by atoms with Crippen LogP contribution in [0.1, 0.15) is 27.7 Å². The van der Waals surface area contributed by atoms with Crippen molar-refractivity contribution >= 4 is 0 Å². The molecule has 0 aliphatic carbocycles. The average molecular weight is 153 g/mol. The Kier molecular flexibility index (Phi) is 3.37. The summed E-state index contributed by atoms with van der Waals surface area (Å²) in [5.74, 6) is 0. The van der Waals surface area contributed by atoms with Gasteiger partial charge in [0.2, 0.25) is 0 Å². The van der Waals surface area contributed by atoms with Gasteiger partial charge in [0.05, 0.1) is 0 Å². The van der Waals surface area contributed by atoms with Gasteiger partial charge in [-0.2, -0.15) is 0 Å². The molecule has 0 heterocycles.